The van der Waals surface area contributed by atoms with E-state index in [2.05, 4.69) is 10.4 Å². The lowest BCUT2D eigenvalue weighted by Crippen LogP contribution is -2.44. The predicted molar refractivity (Wildman–Crippen MR) is 66.7 cm³/mol. The number of nitrogens with zero attached hydrogens (tertiary/aromatic N) is 2. The fourth-order valence-electron chi connectivity index (χ4n) is 2.30. The number of carbonyl (C=O) groups is 1. The van der Waals surface area contributed by atoms with Crippen molar-refractivity contribution in [2.45, 2.75) is 19.0 Å². The number of aromatic nitrogens is 1. The first-order valence-corrected chi connectivity index (χ1v) is 6.20. The molecule has 5 nitrogen and oxygen atoms in total. The third-order valence-electron chi connectivity index (χ3n) is 3.38. The highest BCUT2D eigenvalue weighted by atomic mass is 19.4. The molecular formula is C12H15F3N4O. The van der Waals surface area contributed by atoms with E-state index in [9.17, 15) is 18.0 Å². The molecule has 0 spiro atoms. The lowest BCUT2D eigenvalue weighted by molar-refractivity contribution is -0.184. The van der Waals surface area contributed by atoms with E-state index >= 15 is 0 Å². The highest BCUT2D eigenvalue weighted by Crippen LogP contribution is 2.33. The number of anilines is 1. The number of likely N-dealkylation sites (tertiary alicyclic amines) is 1. The number of pyridine rings is 1. The molecule has 1 fully saturated rings. The summed E-state index contributed by atoms with van der Waals surface area (Å²) >= 11 is 0. The molecule has 2 heterocycles. The normalized spacial score (nSPS) is 19.8. The Hall–Kier alpha value is -1.83. The van der Waals surface area contributed by atoms with Crippen molar-refractivity contribution in [3.63, 3.8) is 0 Å². The van der Waals surface area contributed by atoms with Crippen LogP contribution in [0.2, 0.25) is 0 Å². The van der Waals surface area contributed by atoms with Crippen LogP contribution in [0.25, 0.3) is 0 Å². The number of halogens is 3. The lowest BCUT2D eigenvalue weighted by Gasteiger charge is -2.34. The van der Waals surface area contributed by atoms with Crippen LogP contribution in [0.4, 0.5) is 18.9 Å². The topological polar surface area (TPSA) is 71.2 Å². The van der Waals surface area contributed by atoms with Crippen molar-refractivity contribution in [1.29, 1.82) is 0 Å². The summed E-state index contributed by atoms with van der Waals surface area (Å²) in [5.74, 6) is 3.35. The molecule has 1 amide bonds. The molecule has 20 heavy (non-hydrogen) atoms. The Balaban J connectivity index is 2.17. The van der Waals surface area contributed by atoms with Crippen LogP contribution in [0, 0.1) is 5.92 Å². The van der Waals surface area contributed by atoms with Gasteiger partial charge in [-0.3, -0.25) is 15.6 Å². The zero-order chi connectivity index (χ0) is 14.8. The first-order valence-electron chi connectivity index (χ1n) is 6.20. The molecule has 0 aromatic carbocycles. The summed E-state index contributed by atoms with van der Waals surface area (Å²) in [6.07, 6.45) is -1.11. The van der Waals surface area contributed by atoms with Crippen LogP contribution in [0.3, 0.4) is 0 Å². The van der Waals surface area contributed by atoms with Crippen molar-refractivity contribution >= 4 is 11.6 Å². The van der Waals surface area contributed by atoms with E-state index in [0.29, 0.717) is 18.7 Å². The highest BCUT2D eigenvalue weighted by molar-refractivity contribution is 5.99. The van der Waals surface area contributed by atoms with Gasteiger partial charge in [0.25, 0.3) is 5.91 Å². The van der Waals surface area contributed by atoms with Crippen LogP contribution in [0.1, 0.15) is 23.2 Å². The molecule has 0 bridgehead atoms. The standard InChI is InChI=1S/C12H15F3N4O/c13-12(14,15)8-2-1-5-19(7-8)11(20)9-3-4-17-6-10(9)18-16/h3-4,6,8,18H,1-2,5,7,16H2. The van der Waals surface area contributed by atoms with Gasteiger partial charge >= 0.3 is 6.18 Å². The number of alkyl halides is 3. The minimum Gasteiger partial charge on any atom is -0.338 e. The first kappa shape index (κ1) is 14.6. The molecular weight excluding hydrogens is 273 g/mol. The summed E-state index contributed by atoms with van der Waals surface area (Å²) in [5.41, 5.74) is 2.85. The number of hydrogen-bond donors (Lipinski definition) is 2. The Morgan fingerprint density at radius 1 is 1.50 bits per heavy atom. The van der Waals surface area contributed by atoms with E-state index in [1.807, 2.05) is 0 Å². The summed E-state index contributed by atoms with van der Waals surface area (Å²) in [6.45, 7) is 0.00636. The van der Waals surface area contributed by atoms with E-state index in [1.165, 1.54) is 23.4 Å². The van der Waals surface area contributed by atoms with Gasteiger partial charge in [0.2, 0.25) is 0 Å². The second kappa shape index (κ2) is 5.66. The number of piperidine rings is 1. The van der Waals surface area contributed by atoms with Gasteiger partial charge < -0.3 is 10.3 Å². The van der Waals surface area contributed by atoms with Crippen molar-refractivity contribution < 1.29 is 18.0 Å². The number of hydrogen-bond acceptors (Lipinski definition) is 4. The van der Waals surface area contributed by atoms with Gasteiger partial charge in [-0.2, -0.15) is 13.2 Å². The zero-order valence-electron chi connectivity index (χ0n) is 10.7. The summed E-state index contributed by atoms with van der Waals surface area (Å²) in [7, 11) is 0. The third kappa shape index (κ3) is 3.01. The van der Waals surface area contributed by atoms with E-state index in [1.54, 1.807) is 0 Å². The fraction of sp³-hybridized carbons (Fsp3) is 0.500. The molecule has 0 aliphatic carbocycles. The Labute approximate surface area is 113 Å². The van der Waals surface area contributed by atoms with Gasteiger partial charge in [0, 0.05) is 19.3 Å². The smallest absolute Gasteiger partial charge is 0.338 e. The number of hydrazine groups is 1. The van der Waals surface area contributed by atoms with Crippen LogP contribution in [0.15, 0.2) is 18.5 Å². The molecule has 1 aromatic rings. The maximum atomic E-state index is 12.7. The molecule has 0 saturated carbocycles. The van der Waals surface area contributed by atoms with Crippen molar-refractivity contribution in [2.24, 2.45) is 11.8 Å². The zero-order valence-corrected chi connectivity index (χ0v) is 10.7. The molecule has 1 saturated heterocycles. The molecule has 1 aliphatic heterocycles. The molecule has 8 heteroatoms. The maximum absolute atomic E-state index is 12.7. The van der Waals surface area contributed by atoms with Crippen LogP contribution >= 0.6 is 0 Å². The van der Waals surface area contributed by atoms with Crippen LogP contribution in [-0.2, 0) is 0 Å². The molecule has 2 rings (SSSR count). The first-order chi connectivity index (χ1) is 9.43. The predicted octanol–water partition coefficient (Wildman–Crippen LogP) is 1.78. The Morgan fingerprint density at radius 2 is 2.25 bits per heavy atom. The number of carbonyl (C=O) groups excluding carboxylic acids is 1. The summed E-state index contributed by atoms with van der Waals surface area (Å²) in [4.78, 5) is 17.3. The average molecular weight is 288 g/mol. The minimum absolute atomic E-state index is 0.0611. The number of amides is 1. The third-order valence-corrected chi connectivity index (χ3v) is 3.38. The van der Waals surface area contributed by atoms with E-state index in [4.69, 9.17) is 5.84 Å². The van der Waals surface area contributed by atoms with Crippen LogP contribution < -0.4 is 11.3 Å². The van der Waals surface area contributed by atoms with Gasteiger partial charge in [-0.1, -0.05) is 0 Å². The van der Waals surface area contributed by atoms with Gasteiger partial charge in [0.15, 0.2) is 0 Å². The lowest BCUT2D eigenvalue weighted by atomic mass is 9.97. The monoisotopic (exact) mass is 288 g/mol. The Morgan fingerprint density at radius 3 is 2.90 bits per heavy atom. The SMILES string of the molecule is NNc1cnccc1C(=O)N1CCCC(C(F)(F)F)C1. The van der Waals surface area contributed by atoms with Crippen molar-refractivity contribution in [3.8, 4) is 0 Å². The van der Waals surface area contributed by atoms with Gasteiger partial charge in [0.1, 0.15) is 0 Å². The van der Waals surface area contributed by atoms with E-state index in [-0.39, 0.29) is 18.5 Å². The minimum atomic E-state index is -4.27. The number of nitrogens with two attached hydrogens (primary N) is 1. The molecule has 1 aromatic heterocycles. The molecule has 1 unspecified atom stereocenters. The molecule has 0 radical (unpaired) electrons. The molecule has 3 N–H and O–H groups in total. The van der Waals surface area contributed by atoms with E-state index in [0.717, 1.165) is 0 Å². The number of rotatable bonds is 2. The van der Waals surface area contributed by atoms with Gasteiger partial charge in [-0.15, -0.1) is 0 Å². The van der Waals surface area contributed by atoms with Crippen LogP contribution in [-0.4, -0.2) is 35.1 Å². The van der Waals surface area contributed by atoms with Gasteiger partial charge in [0.05, 0.1) is 23.4 Å². The second-order valence-electron chi connectivity index (χ2n) is 4.70. The maximum Gasteiger partial charge on any atom is 0.393 e. The Bertz CT molecular complexity index is 492. The largest absolute Gasteiger partial charge is 0.393 e. The Kier molecular flexibility index (Phi) is 4.12. The van der Waals surface area contributed by atoms with Crippen LogP contribution in [0.5, 0.6) is 0 Å². The van der Waals surface area contributed by atoms with Crippen molar-refractivity contribution in [3.05, 3.63) is 24.0 Å². The summed E-state index contributed by atoms with van der Waals surface area (Å²) in [6, 6.07) is 1.44. The fourth-order valence-corrected chi connectivity index (χ4v) is 2.30. The summed E-state index contributed by atoms with van der Waals surface area (Å²) < 4.78 is 38.2. The molecule has 1 atom stereocenters. The number of nitrogens with one attached hydrogen (secondary N) is 1. The highest BCUT2D eigenvalue weighted by Gasteiger charge is 2.42. The molecule has 110 valence electrons. The summed E-state index contributed by atoms with van der Waals surface area (Å²) in [5, 5.41) is 0. The van der Waals surface area contributed by atoms with Crippen molar-refractivity contribution in [1.82, 2.24) is 9.88 Å². The number of nitrogen functional groups attached to an aromatic ring is 1. The second-order valence-corrected chi connectivity index (χ2v) is 4.70. The quantitative estimate of drug-likeness (QED) is 0.643. The average Bonchev–Trinajstić information content (AvgIpc) is 2.45. The molecule has 1 aliphatic rings. The van der Waals surface area contributed by atoms with E-state index < -0.39 is 18.0 Å². The van der Waals surface area contributed by atoms with Crippen molar-refractivity contribution in [2.75, 3.05) is 18.5 Å². The van der Waals surface area contributed by atoms with Gasteiger partial charge in [-0.25, -0.2) is 0 Å². The van der Waals surface area contributed by atoms with Gasteiger partial charge in [-0.05, 0) is 18.9 Å².